The van der Waals surface area contributed by atoms with Crippen molar-refractivity contribution in [1.82, 2.24) is 20.1 Å². The third kappa shape index (κ3) is 10.8. The molecule has 4 aliphatic rings. The number of piperidine rings is 2. The molecule has 66 heavy (non-hydrogen) atoms. The highest BCUT2D eigenvalue weighted by Gasteiger charge is 2.44. The lowest BCUT2D eigenvalue weighted by molar-refractivity contribution is -0.136. The van der Waals surface area contributed by atoms with Gasteiger partial charge in [-0.15, -0.1) is 0 Å². The molecule has 1 unspecified atom stereocenters. The minimum absolute atomic E-state index is 0.0000701. The summed E-state index contributed by atoms with van der Waals surface area (Å²) in [7, 11) is 0. The van der Waals surface area contributed by atoms with Crippen molar-refractivity contribution in [2.24, 2.45) is 11.8 Å². The summed E-state index contributed by atoms with van der Waals surface area (Å²) < 4.78 is 31.7. The highest BCUT2D eigenvalue weighted by atomic mass is 35.5. The van der Waals surface area contributed by atoms with Crippen LogP contribution in [0.15, 0.2) is 66.9 Å². The Hall–Kier alpha value is -5.97. The third-order valence-electron chi connectivity index (χ3n) is 13.2. The van der Waals surface area contributed by atoms with Gasteiger partial charge in [0.2, 0.25) is 23.6 Å². The van der Waals surface area contributed by atoms with Gasteiger partial charge < -0.3 is 29.7 Å². The maximum absolute atomic E-state index is 14.1. The van der Waals surface area contributed by atoms with Crippen molar-refractivity contribution in [2.75, 3.05) is 56.7 Å². The van der Waals surface area contributed by atoms with Gasteiger partial charge >= 0.3 is 0 Å². The first-order valence-corrected chi connectivity index (χ1v) is 23.1. The Morgan fingerprint density at radius 3 is 2.36 bits per heavy atom. The fourth-order valence-electron chi connectivity index (χ4n) is 9.46. The van der Waals surface area contributed by atoms with E-state index in [9.17, 15) is 33.2 Å². The summed E-state index contributed by atoms with van der Waals surface area (Å²) in [5.41, 5.74) is 3.54. The largest absolute Gasteiger partial charge is 0.489 e. The van der Waals surface area contributed by atoms with Gasteiger partial charge in [0.25, 0.3) is 11.8 Å². The average molecular weight is 925 g/mol. The molecule has 6 amide bonds. The second-order valence-electron chi connectivity index (χ2n) is 17.4. The average Bonchev–Trinajstić information content (AvgIpc) is 3.56. The summed E-state index contributed by atoms with van der Waals surface area (Å²) in [6.07, 6.45) is 6.92. The zero-order valence-corrected chi connectivity index (χ0v) is 37.6. The smallest absolute Gasteiger partial charge is 0.262 e. The molecule has 17 heteroatoms. The van der Waals surface area contributed by atoms with Crippen LogP contribution in [0.3, 0.4) is 0 Å². The number of rotatable bonds is 17. The van der Waals surface area contributed by atoms with Gasteiger partial charge in [-0.3, -0.25) is 44.0 Å². The van der Waals surface area contributed by atoms with Crippen LogP contribution in [-0.2, 0) is 28.7 Å². The van der Waals surface area contributed by atoms with Crippen LogP contribution in [0.2, 0.25) is 5.02 Å². The molecule has 8 rings (SSSR count). The summed E-state index contributed by atoms with van der Waals surface area (Å²) in [5, 5.41) is 9.72. The number of halogens is 2. The number of imide groups is 2. The molecule has 0 radical (unpaired) electrons. The van der Waals surface area contributed by atoms with E-state index in [2.05, 4.69) is 20.9 Å². The molecular weight excluding hydrogens is 871 g/mol. The second-order valence-corrected chi connectivity index (χ2v) is 17.8. The summed E-state index contributed by atoms with van der Waals surface area (Å²) in [6, 6.07) is 15.7. The van der Waals surface area contributed by atoms with E-state index in [0.717, 1.165) is 47.0 Å². The zero-order chi connectivity index (χ0) is 46.3. The van der Waals surface area contributed by atoms with Crippen molar-refractivity contribution in [3.8, 4) is 5.75 Å². The second kappa shape index (κ2) is 21.1. The van der Waals surface area contributed by atoms with Gasteiger partial charge in [-0.1, -0.05) is 18.5 Å². The molecule has 0 spiro atoms. The van der Waals surface area contributed by atoms with Crippen molar-refractivity contribution in [3.63, 3.8) is 0 Å². The van der Waals surface area contributed by atoms with Gasteiger partial charge in [0, 0.05) is 73.8 Å². The highest BCUT2D eigenvalue weighted by molar-refractivity contribution is 6.32. The number of carbonyl (C=O) groups excluding carboxylic acids is 6. The number of benzene rings is 3. The van der Waals surface area contributed by atoms with Crippen molar-refractivity contribution in [2.45, 2.75) is 82.8 Å². The molecule has 15 nitrogen and oxygen atoms in total. The van der Waals surface area contributed by atoms with E-state index in [4.69, 9.17) is 25.8 Å². The van der Waals surface area contributed by atoms with E-state index in [1.54, 1.807) is 54.7 Å². The number of hydrogen-bond acceptors (Lipinski definition) is 11. The zero-order valence-electron chi connectivity index (χ0n) is 36.8. The maximum Gasteiger partial charge on any atom is 0.262 e. The van der Waals surface area contributed by atoms with Crippen LogP contribution in [0.25, 0.3) is 10.9 Å². The van der Waals surface area contributed by atoms with Crippen LogP contribution in [0.4, 0.5) is 15.8 Å². The first-order chi connectivity index (χ1) is 31.9. The molecule has 3 fully saturated rings. The SMILES string of the molecule is C[C@@H](C(=O)Nc1ccc(Cl)c(OC2CCN(C(=O)CCOCCOCCNc3ccc4c(c3)C(=O)N(C3CCC(=O)NC3=O)C4=O)CC2)c1)[C@H]1CC[C@@H](c2ccnc3ccc(F)cc32)CC1. The first kappa shape index (κ1) is 46.6. The van der Waals surface area contributed by atoms with Crippen molar-refractivity contribution >= 4 is 69.3 Å². The molecule has 3 aliphatic heterocycles. The molecular formula is C49H54ClFN6O9. The first-order valence-electron chi connectivity index (χ1n) is 22.8. The molecule has 2 saturated heterocycles. The Balaban J connectivity index is 0.689. The normalized spacial score (nSPS) is 20.6. The van der Waals surface area contributed by atoms with Gasteiger partial charge in [-0.2, -0.15) is 0 Å². The van der Waals surface area contributed by atoms with Crippen LogP contribution >= 0.6 is 11.6 Å². The van der Waals surface area contributed by atoms with Gasteiger partial charge in [0.05, 0.1) is 54.5 Å². The third-order valence-corrected chi connectivity index (χ3v) is 13.5. The molecule has 4 aromatic rings. The number of likely N-dealkylation sites (tertiary alicyclic amines) is 1. The Morgan fingerprint density at radius 1 is 0.848 bits per heavy atom. The number of amides is 6. The predicted molar refractivity (Wildman–Crippen MR) is 244 cm³/mol. The van der Waals surface area contributed by atoms with E-state index in [1.165, 1.54) is 6.07 Å². The molecule has 1 aromatic heterocycles. The number of fused-ring (bicyclic) bond motifs is 2. The van der Waals surface area contributed by atoms with Crippen molar-refractivity contribution in [3.05, 3.63) is 94.4 Å². The molecule has 348 valence electrons. The van der Waals surface area contributed by atoms with E-state index in [1.807, 2.05) is 17.9 Å². The van der Waals surface area contributed by atoms with Crippen LogP contribution in [-0.4, -0.2) is 108 Å². The lowest BCUT2D eigenvalue weighted by Crippen LogP contribution is -2.54. The van der Waals surface area contributed by atoms with E-state index >= 15 is 0 Å². The molecule has 2 atom stereocenters. The molecule has 1 aliphatic carbocycles. The standard InChI is InChI=1S/C49H54ClFN6O9/c1-29(30-2-4-31(5-3-30)36-14-18-53-41-11-6-32(51)26-38(36)41)46(60)54-34-8-10-40(50)43(28-34)66-35-15-20-56(21-16-35)45(59)17-22-64-24-25-65-23-19-52-33-7-9-37-39(27-33)49(63)57(48(37)62)42-12-13-44(58)55-47(42)61/h6-11,14,18,26-31,35,42,52H,2-5,12-13,15-17,19-25H2,1H3,(H,54,60)(H,55,58,61)/t29-,30-,31+,42?/m1/s1. The fraction of sp³-hybridized carbons (Fsp3) is 0.449. The predicted octanol–water partition coefficient (Wildman–Crippen LogP) is 6.88. The molecule has 4 heterocycles. The number of aromatic nitrogens is 1. The monoisotopic (exact) mass is 924 g/mol. The fourth-order valence-corrected chi connectivity index (χ4v) is 9.62. The number of hydrogen-bond donors (Lipinski definition) is 3. The Bertz CT molecular complexity index is 2490. The minimum Gasteiger partial charge on any atom is -0.489 e. The summed E-state index contributed by atoms with van der Waals surface area (Å²) in [4.78, 5) is 83.3. The molecule has 3 N–H and O–H groups in total. The number of nitrogens with one attached hydrogen (secondary N) is 3. The van der Waals surface area contributed by atoms with Crippen LogP contribution < -0.4 is 20.7 Å². The van der Waals surface area contributed by atoms with Gasteiger partial charge in [-0.25, -0.2) is 4.39 Å². The van der Waals surface area contributed by atoms with Gasteiger partial charge in [-0.05, 0) is 104 Å². The number of pyridine rings is 1. The lowest BCUT2D eigenvalue weighted by Gasteiger charge is -2.33. The van der Waals surface area contributed by atoms with E-state index < -0.39 is 29.7 Å². The van der Waals surface area contributed by atoms with E-state index in [-0.39, 0.29) is 72.6 Å². The minimum atomic E-state index is -1.02. The van der Waals surface area contributed by atoms with Crippen molar-refractivity contribution in [1.29, 1.82) is 0 Å². The quantitative estimate of drug-likeness (QED) is 0.0741. The van der Waals surface area contributed by atoms with Crippen LogP contribution in [0.1, 0.15) is 96.9 Å². The maximum atomic E-state index is 14.1. The molecule has 3 aromatic carbocycles. The summed E-state index contributed by atoms with van der Waals surface area (Å²) in [5.74, 6) is -1.73. The van der Waals surface area contributed by atoms with Gasteiger partial charge in [0.1, 0.15) is 23.7 Å². The number of ether oxygens (including phenoxy) is 3. The summed E-state index contributed by atoms with van der Waals surface area (Å²) in [6.45, 7) is 4.70. The Morgan fingerprint density at radius 2 is 1.59 bits per heavy atom. The number of anilines is 2. The van der Waals surface area contributed by atoms with Crippen molar-refractivity contribution < 1.29 is 47.4 Å². The number of carbonyl (C=O) groups is 6. The van der Waals surface area contributed by atoms with Crippen LogP contribution in [0.5, 0.6) is 5.75 Å². The van der Waals surface area contributed by atoms with Crippen LogP contribution in [0, 0.1) is 17.7 Å². The van der Waals surface area contributed by atoms with Gasteiger partial charge in [0.15, 0.2) is 0 Å². The highest BCUT2D eigenvalue weighted by Crippen LogP contribution is 2.41. The molecule has 0 bridgehead atoms. The molecule has 1 saturated carbocycles. The topological polar surface area (TPSA) is 186 Å². The summed E-state index contributed by atoms with van der Waals surface area (Å²) >= 11 is 6.53. The van der Waals surface area contributed by atoms with E-state index in [0.29, 0.717) is 80.4 Å². The Labute approximate surface area is 387 Å². The lowest BCUT2D eigenvalue weighted by atomic mass is 9.73. The Kier molecular flexibility index (Phi) is 14.9. The number of nitrogens with zero attached hydrogens (tertiary/aromatic N) is 3.